The molecule has 0 saturated heterocycles. The standard InChI is InChI=1S/C14H18N4O3/c1-17(2)13(19)11-14(20)18(8-5-9-21-3)12-10(16-11)6-4-7-15-12/h4,6-7H,5,8-9H2,1-3H3. The Bertz CT molecular complexity index is 709. The van der Waals surface area contributed by atoms with Gasteiger partial charge in [0.2, 0.25) is 0 Å². The van der Waals surface area contributed by atoms with Crippen molar-refractivity contribution in [2.75, 3.05) is 27.8 Å². The Morgan fingerprint density at radius 1 is 1.43 bits per heavy atom. The van der Waals surface area contributed by atoms with E-state index in [1.54, 1.807) is 39.5 Å². The number of methoxy groups -OCH3 is 1. The van der Waals surface area contributed by atoms with E-state index in [2.05, 4.69) is 9.97 Å². The highest BCUT2D eigenvalue weighted by Gasteiger charge is 2.19. The maximum atomic E-state index is 12.5. The largest absolute Gasteiger partial charge is 0.385 e. The van der Waals surface area contributed by atoms with Gasteiger partial charge in [-0.3, -0.25) is 14.2 Å². The first kappa shape index (κ1) is 15.1. The van der Waals surface area contributed by atoms with Crippen molar-refractivity contribution in [3.05, 3.63) is 34.4 Å². The molecular weight excluding hydrogens is 272 g/mol. The van der Waals surface area contributed by atoms with Crippen molar-refractivity contribution in [2.24, 2.45) is 0 Å². The molecule has 21 heavy (non-hydrogen) atoms. The van der Waals surface area contributed by atoms with Crippen LogP contribution in [0.1, 0.15) is 16.9 Å². The van der Waals surface area contributed by atoms with Gasteiger partial charge in [0.05, 0.1) is 0 Å². The molecule has 0 radical (unpaired) electrons. The first-order chi connectivity index (χ1) is 10.1. The molecule has 7 nitrogen and oxygen atoms in total. The van der Waals surface area contributed by atoms with Crippen LogP contribution < -0.4 is 5.56 Å². The number of carbonyl (C=O) groups is 1. The van der Waals surface area contributed by atoms with Crippen LogP contribution >= 0.6 is 0 Å². The lowest BCUT2D eigenvalue weighted by Crippen LogP contribution is -2.34. The average Bonchev–Trinajstić information content (AvgIpc) is 2.48. The molecule has 1 amide bonds. The third kappa shape index (κ3) is 3.08. The van der Waals surface area contributed by atoms with Gasteiger partial charge in [-0.05, 0) is 18.6 Å². The van der Waals surface area contributed by atoms with Crippen LogP contribution in [0.2, 0.25) is 0 Å². The number of pyridine rings is 1. The minimum absolute atomic E-state index is 0.0853. The second-order valence-corrected chi connectivity index (χ2v) is 4.81. The Morgan fingerprint density at radius 2 is 2.19 bits per heavy atom. The summed E-state index contributed by atoms with van der Waals surface area (Å²) < 4.78 is 6.49. The molecule has 0 spiro atoms. The van der Waals surface area contributed by atoms with Gasteiger partial charge in [0.15, 0.2) is 11.3 Å². The van der Waals surface area contributed by atoms with Gasteiger partial charge < -0.3 is 9.64 Å². The van der Waals surface area contributed by atoms with Crippen molar-refractivity contribution in [3.63, 3.8) is 0 Å². The predicted molar refractivity (Wildman–Crippen MR) is 78.3 cm³/mol. The molecule has 0 atom stereocenters. The van der Waals surface area contributed by atoms with Crippen LogP contribution in [0.3, 0.4) is 0 Å². The Balaban J connectivity index is 2.59. The summed E-state index contributed by atoms with van der Waals surface area (Å²) in [5.41, 5.74) is 0.502. The minimum atomic E-state index is -0.420. The molecule has 0 unspecified atom stereocenters. The van der Waals surface area contributed by atoms with Gasteiger partial charge >= 0.3 is 0 Å². The van der Waals surface area contributed by atoms with Gasteiger partial charge in [-0.25, -0.2) is 9.97 Å². The first-order valence-electron chi connectivity index (χ1n) is 6.62. The number of hydrogen-bond donors (Lipinski definition) is 0. The van der Waals surface area contributed by atoms with Crippen molar-refractivity contribution in [3.8, 4) is 0 Å². The summed E-state index contributed by atoms with van der Waals surface area (Å²) in [5, 5.41) is 0. The van der Waals surface area contributed by atoms with E-state index < -0.39 is 11.5 Å². The third-order valence-corrected chi connectivity index (χ3v) is 3.04. The monoisotopic (exact) mass is 290 g/mol. The molecule has 2 aromatic heterocycles. The van der Waals surface area contributed by atoms with Gasteiger partial charge in [0.1, 0.15) is 5.52 Å². The van der Waals surface area contributed by atoms with E-state index in [1.807, 2.05) is 0 Å². The van der Waals surface area contributed by atoms with Crippen LogP contribution in [-0.4, -0.2) is 53.2 Å². The molecular formula is C14H18N4O3. The van der Waals surface area contributed by atoms with E-state index in [9.17, 15) is 9.59 Å². The number of amides is 1. The second kappa shape index (κ2) is 6.45. The van der Waals surface area contributed by atoms with Gasteiger partial charge in [-0.15, -0.1) is 0 Å². The molecule has 0 aliphatic heterocycles. The van der Waals surface area contributed by atoms with E-state index in [-0.39, 0.29) is 5.69 Å². The van der Waals surface area contributed by atoms with Gasteiger partial charge in [-0.2, -0.15) is 0 Å². The molecule has 0 aliphatic rings. The van der Waals surface area contributed by atoms with Gasteiger partial charge in [0.25, 0.3) is 11.5 Å². The van der Waals surface area contributed by atoms with Crippen LogP contribution in [-0.2, 0) is 11.3 Å². The van der Waals surface area contributed by atoms with Crippen molar-refractivity contribution >= 4 is 17.1 Å². The van der Waals surface area contributed by atoms with Crippen LogP contribution in [0.15, 0.2) is 23.1 Å². The molecule has 0 saturated carbocycles. The number of nitrogens with zero attached hydrogens (tertiary/aromatic N) is 4. The predicted octanol–water partition coefficient (Wildman–Crippen LogP) is 0.530. The Labute approximate surface area is 122 Å². The summed E-state index contributed by atoms with van der Waals surface area (Å²) in [4.78, 5) is 34.3. The first-order valence-corrected chi connectivity index (χ1v) is 6.62. The zero-order valence-corrected chi connectivity index (χ0v) is 12.4. The van der Waals surface area contributed by atoms with Gasteiger partial charge in [0, 0.05) is 40.6 Å². The van der Waals surface area contributed by atoms with Crippen LogP contribution in [0.5, 0.6) is 0 Å². The number of aromatic nitrogens is 3. The summed E-state index contributed by atoms with van der Waals surface area (Å²) in [7, 11) is 4.78. The topological polar surface area (TPSA) is 77.3 Å². The fraction of sp³-hybridized carbons (Fsp3) is 0.429. The molecule has 2 rings (SSSR count). The molecule has 112 valence electrons. The van der Waals surface area contributed by atoms with E-state index in [4.69, 9.17) is 4.74 Å². The van der Waals surface area contributed by atoms with E-state index >= 15 is 0 Å². The van der Waals surface area contributed by atoms with Crippen LogP contribution in [0.25, 0.3) is 11.2 Å². The highest BCUT2D eigenvalue weighted by molar-refractivity contribution is 5.93. The van der Waals surface area contributed by atoms with E-state index in [1.165, 1.54) is 9.47 Å². The number of rotatable bonds is 5. The lowest BCUT2D eigenvalue weighted by molar-refractivity contribution is 0.0819. The lowest BCUT2D eigenvalue weighted by Gasteiger charge is -2.13. The summed E-state index contributed by atoms with van der Waals surface area (Å²) in [6, 6.07) is 3.46. The molecule has 0 bridgehead atoms. The highest BCUT2D eigenvalue weighted by atomic mass is 16.5. The number of carbonyl (C=O) groups excluding carboxylic acids is 1. The molecule has 2 heterocycles. The average molecular weight is 290 g/mol. The lowest BCUT2D eigenvalue weighted by atomic mass is 10.3. The van der Waals surface area contributed by atoms with Crippen molar-refractivity contribution in [1.82, 2.24) is 19.4 Å². The molecule has 0 aliphatic carbocycles. The molecule has 0 fully saturated rings. The highest BCUT2D eigenvalue weighted by Crippen LogP contribution is 2.08. The normalized spacial score (nSPS) is 10.8. The fourth-order valence-corrected chi connectivity index (χ4v) is 2.00. The molecule has 0 N–H and O–H groups in total. The maximum absolute atomic E-state index is 12.5. The Kier molecular flexibility index (Phi) is 4.64. The summed E-state index contributed by atoms with van der Waals surface area (Å²) in [6.45, 7) is 0.955. The van der Waals surface area contributed by atoms with Gasteiger partial charge in [-0.1, -0.05) is 0 Å². The number of aryl methyl sites for hydroxylation is 1. The zero-order valence-electron chi connectivity index (χ0n) is 12.4. The minimum Gasteiger partial charge on any atom is -0.385 e. The zero-order chi connectivity index (χ0) is 15.4. The number of hydrogen-bond acceptors (Lipinski definition) is 5. The van der Waals surface area contributed by atoms with Crippen molar-refractivity contribution in [1.29, 1.82) is 0 Å². The quantitative estimate of drug-likeness (QED) is 0.751. The SMILES string of the molecule is COCCCn1c(=O)c(C(=O)N(C)C)nc2cccnc21. The third-order valence-electron chi connectivity index (χ3n) is 3.04. The van der Waals surface area contributed by atoms with Crippen LogP contribution in [0, 0.1) is 0 Å². The fourth-order valence-electron chi connectivity index (χ4n) is 2.00. The van der Waals surface area contributed by atoms with Crippen molar-refractivity contribution < 1.29 is 9.53 Å². The maximum Gasteiger partial charge on any atom is 0.283 e. The summed E-state index contributed by atoms with van der Waals surface area (Å²) in [5.74, 6) is -0.411. The molecule has 0 aromatic carbocycles. The number of fused-ring (bicyclic) bond motifs is 1. The van der Waals surface area contributed by atoms with E-state index in [0.717, 1.165) is 0 Å². The Morgan fingerprint density at radius 3 is 2.86 bits per heavy atom. The van der Waals surface area contributed by atoms with E-state index in [0.29, 0.717) is 30.7 Å². The number of ether oxygens (including phenoxy) is 1. The molecule has 7 heteroatoms. The smallest absolute Gasteiger partial charge is 0.283 e. The van der Waals surface area contributed by atoms with Crippen molar-refractivity contribution in [2.45, 2.75) is 13.0 Å². The van der Waals surface area contributed by atoms with Crippen LogP contribution in [0.4, 0.5) is 0 Å². The second-order valence-electron chi connectivity index (χ2n) is 4.81. The summed E-state index contributed by atoms with van der Waals surface area (Å²) in [6.07, 6.45) is 2.26. The summed E-state index contributed by atoms with van der Waals surface area (Å²) >= 11 is 0. The molecule has 2 aromatic rings. The Hall–Kier alpha value is -2.28.